The van der Waals surface area contributed by atoms with Crippen molar-refractivity contribution in [3.63, 3.8) is 0 Å². The van der Waals surface area contributed by atoms with Crippen LogP contribution in [0.25, 0.3) is 11.6 Å². The lowest BCUT2D eigenvalue weighted by atomic mass is 10.0. The summed E-state index contributed by atoms with van der Waals surface area (Å²) in [7, 11) is 0. The van der Waals surface area contributed by atoms with Gasteiger partial charge in [0.2, 0.25) is 0 Å². The summed E-state index contributed by atoms with van der Waals surface area (Å²) in [5.41, 5.74) is 3.04. The Morgan fingerprint density at radius 1 is 1.04 bits per heavy atom. The highest BCUT2D eigenvalue weighted by molar-refractivity contribution is 9.10. The zero-order valence-electron chi connectivity index (χ0n) is 14.7. The van der Waals surface area contributed by atoms with Crippen LogP contribution in [0, 0.1) is 28.5 Å². The maximum atomic E-state index is 13.2. The van der Waals surface area contributed by atoms with Gasteiger partial charge in [-0.3, -0.25) is 0 Å². The zero-order valence-corrected chi connectivity index (χ0v) is 16.3. The summed E-state index contributed by atoms with van der Waals surface area (Å²) in [6.07, 6.45) is 1.70. The first-order valence-electron chi connectivity index (χ1n) is 8.39. The molecule has 0 aromatic heterocycles. The van der Waals surface area contributed by atoms with Gasteiger partial charge in [-0.05, 0) is 48.0 Å². The van der Waals surface area contributed by atoms with Crippen molar-refractivity contribution >= 4 is 27.6 Å². The van der Waals surface area contributed by atoms with Gasteiger partial charge in [-0.25, -0.2) is 4.39 Å². The van der Waals surface area contributed by atoms with E-state index in [0.29, 0.717) is 28.0 Å². The molecule has 28 heavy (non-hydrogen) atoms. The third-order valence-corrected chi connectivity index (χ3v) is 4.56. The van der Waals surface area contributed by atoms with Crippen LogP contribution in [0.3, 0.4) is 0 Å². The summed E-state index contributed by atoms with van der Waals surface area (Å²) in [5.74, 6) is 0.217. The Hall–Kier alpha value is -3.41. The molecule has 0 unspecified atom stereocenters. The molecule has 0 bridgehead atoms. The van der Waals surface area contributed by atoms with Crippen molar-refractivity contribution in [1.82, 2.24) is 0 Å². The maximum Gasteiger partial charge on any atom is 0.127 e. The van der Waals surface area contributed by atoms with E-state index in [1.54, 1.807) is 36.4 Å². The van der Waals surface area contributed by atoms with E-state index in [-0.39, 0.29) is 12.4 Å². The maximum absolute atomic E-state index is 13.2. The van der Waals surface area contributed by atoms with E-state index in [1.165, 1.54) is 12.1 Å². The molecule has 0 saturated carbocycles. The van der Waals surface area contributed by atoms with Gasteiger partial charge in [0.1, 0.15) is 18.2 Å². The van der Waals surface area contributed by atoms with Gasteiger partial charge < -0.3 is 4.74 Å². The number of rotatable bonds is 5. The smallest absolute Gasteiger partial charge is 0.127 e. The Labute approximate surface area is 171 Å². The van der Waals surface area contributed by atoms with Gasteiger partial charge in [-0.15, -0.1) is 0 Å². The minimum atomic E-state index is -0.358. The molecule has 3 nitrogen and oxygen atoms in total. The number of hydrogen-bond donors (Lipinski definition) is 0. The van der Waals surface area contributed by atoms with E-state index < -0.39 is 0 Å². The Kier molecular flexibility index (Phi) is 6.22. The van der Waals surface area contributed by atoms with Crippen LogP contribution in [-0.2, 0) is 6.61 Å². The predicted octanol–water partition coefficient (Wildman–Crippen LogP) is 6.10. The average molecular weight is 433 g/mol. The quantitative estimate of drug-likeness (QED) is 0.361. The lowest BCUT2D eigenvalue weighted by Gasteiger charge is -2.11. The normalized spacial score (nSPS) is 10.8. The SMILES string of the molecule is N#C/C(=C\c1cc(Br)ccc1OCc1ccccc1C#N)c1ccc(F)cc1. The van der Waals surface area contributed by atoms with E-state index in [1.807, 2.05) is 24.3 Å². The molecule has 5 heteroatoms. The Morgan fingerprint density at radius 3 is 2.50 bits per heavy atom. The van der Waals surface area contributed by atoms with E-state index >= 15 is 0 Å². The molecule has 3 rings (SSSR count). The summed E-state index contributed by atoms with van der Waals surface area (Å²) < 4.78 is 19.9. The molecule has 0 aliphatic carbocycles. The van der Waals surface area contributed by atoms with E-state index in [9.17, 15) is 14.9 Å². The van der Waals surface area contributed by atoms with E-state index in [2.05, 4.69) is 28.1 Å². The van der Waals surface area contributed by atoms with Crippen molar-refractivity contribution in [2.24, 2.45) is 0 Å². The molecule has 0 fully saturated rings. The molecule has 0 radical (unpaired) electrons. The van der Waals surface area contributed by atoms with Crippen molar-refractivity contribution in [3.05, 3.63) is 99.3 Å². The molecule has 0 spiro atoms. The average Bonchev–Trinajstić information content (AvgIpc) is 2.72. The molecule has 0 atom stereocenters. The Balaban J connectivity index is 1.93. The minimum Gasteiger partial charge on any atom is -0.488 e. The highest BCUT2D eigenvalue weighted by Gasteiger charge is 2.08. The standard InChI is InChI=1S/C23H14BrFN2O/c24-21-7-10-23(28-15-18-4-2-1-3-17(18)13-26)19(12-21)11-20(14-27)16-5-8-22(25)9-6-16/h1-12H,15H2/b20-11+. The van der Waals surface area contributed by atoms with Gasteiger partial charge in [-0.2, -0.15) is 10.5 Å². The van der Waals surface area contributed by atoms with Crippen molar-refractivity contribution in [1.29, 1.82) is 10.5 Å². The number of nitrogens with zero attached hydrogens (tertiary/aromatic N) is 2. The molecule has 136 valence electrons. The number of benzene rings is 3. The molecule has 0 aliphatic rings. The molecule has 0 aliphatic heterocycles. The molecular weight excluding hydrogens is 419 g/mol. The lowest BCUT2D eigenvalue weighted by molar-refractivity contribution is 0.305. The number of hydrogen-bond acceptors (Lipinski definition) is 3. The molecular formula is C23H14BrFN2O. The molecule has 3 aromatic carbocycles. The molecule has 0 N–H and O–H groups in total. The molecule has 0 heterocycles. The highest BCUT2D eigenvalue weighted by atomic mass is 79.9. The Morgan fingerprint density at radius 2 is 1.79 bits per heavy atom. The summed E-state index contributed by atoms with van der Waals surface area (Å²) in [5, 5.41) is 18.8. The van der Waals surface area contributed by atoms with Crippen molar-refractivity contribution < 1.29 is 9.13 Å². The number of ether oxygens (including phenoxy) is 1. The fourth-order valence-corrected chi connectivity index (χ4v) is 3.02. The van der Waals surface area contributed by atoms with Crippen LogP contribution in [0.15, 0.2) is 71.2 Å². The van der Waals surface area contributed by atoms with Crippen LogP contribution in [-0.4, -0.2) is 0 Å². The summed E-state index contributed by atoms with van der Waals surface area (Å²) in [4.78, 5) is 0. The highest BCUT2D eigenvalue weighted by Crippen LogP contribution is 2.29. The largest absolute Gasteiger partial charge is 0.488 e. The first kappa shape index (κ1) is 19.4. The fraction of sp³-hybridized carbons (Fsp3) is 0.0435. The lowest BCUT2D eigenvalue weighted by Crippen LogP contribution is -1.99. The van der Waals surface area contributed by atoms with E-state index in [4.69, 9.17) is 4.74 Å². The minimum absolute atomic E-state index is 0.227. The molecule has 0 amide bonds. The van der Waals surface area contributed by atoms with Crippen LogP contribution >= 0.6 is 15.9 Å². The van der Waals surface area contributed by atoms with Gasteiger partial charge in [0.05, 0.1) is 23.3 Å². The number of allylic oxidation sites excluding steroid dienone is 1. The summed E-state index contributed by atoms with van der Waals surface area (Å²) in [6, 6.07) is 22.8. The summed E-state index contributed by atoms with van der Waals surface area (Å²) in [6.45, 7) is 0.227. The monoisotopic (exact) mass is 432 g/mol. The molecule has 0 saturated heterocycles. The third kappa shape index (κ3) is 4.65. The second kappa shape index (κ2) is 8.99. The van der Waals surface area contributed by atoms with Crippen LogP contribution in [0.1, 0.15) is 22.3 Å². The topological polar surface area (TPSA) is 56.8 Å². The zero-order chi connectivity index (χ0) is 19.9. The van der Waals surface area contributed by atoms with Crippen LogP contribution < -0.4 is 4.74 Å². The van der Waals surface area contributed by atoms with Gasteiger partial charge in [-0.1, -0.05) is 46.3 Å². The van der Waals surface area contributed by atoms with Gasteiger partial charge in [0.25, 0.3) is 0 Å². The fourth-order valence-electron chi connectivity index (χ4n) is 2.64. The van der Waals surface area contributed by atoms with Crippen LogP contribution in [0.2, 0.25) is 0 Å². The van der Waals surface area contributed by atoms with Crippen molar-refractivity contribution in [2.45, 2.75) is 6.61 Å². The van der Waals surface area contributed by atoms with Gasteiger partial charge in [0, 0.05) is 15.6 Å². The Bertz CT molecular complexity index is 1110. The molecule has 3 aromatic rings. The van der Waals surface area contributed by atoms with Crippen molar-refractivity contribution in [3.8, 4) is 17.9 Å². The first-order valence-corrected chi connectivity index (χ1v) is 9.18. The number of nitriles is 2. The van der Waals surface area contributed by atoms with Gasteiger partial charge >= 0.3 is 0 Å². The number of halogens is 2. The summed E-state index contributed by atoms with van der Waals surface area (Å²) >= 11 is 3.43. The van der Waals surface area contributed by atoms with Crippen LogP contribution in [0.5, 0.6) is 5.75 Å². The first-order chi connectivity index (χ1) is 13.6. The second-order valence-electron chi connectivity index (χ2n) is 5.92. The van der Waals surface area contributed by atoms with Crippen LogP contribution in [0.4, 0.5) is 4.39 Å². The second-order valence-corrected chi connectivity index (χ2v) is 6.83. The third-order valence-electron chi connectivity index (χ3n) is 4.07. The van der Waals surface area contributed by atoms with Gasteiger partial charge in [0.15, 0.2) is 0 Å². The predicted molar refractivity (Wildman–Crippen MR) is 110 cm³/mol. The van der Waals surface area contributed by atoms with E-state index in [0.717, 1.165) is 10.0 Å². The van der Waals surface area contributed by atoms with Crippen molar-refractivity contribution in [2.75, 3.05) is 0 Å².